The van der Waals surface area contributed by atoms with Gasteiger partial charge in [-0.1, -0.05) is 17.7 Å². The zero-order valence-corrected chi connectivity index (χ0v) is 17.7. The number of anilines is 1. The maximum Gasteiger partial charge on any atom is 0.271 e. The van der Waals surface area contributed by atoms with Gasteiger partial charge in [-0.15, -0.1) is 5.10 Å². The fourth-order valence-electron chi connectivity index (χ4n) is 4.38. The summed E-state index contributed by atoms with van der Waals surface area (Å²) in [4.78, 5) is 27.0. The number of nitrogens with zero attached hydrogens (tertiary/aromatic N) is 3. The van der Waals surface area contributed by atoms with Crippen LogP contribution in [0.3, 0.4) is 0 Å². The molecule has 2 aliphatic rings. The Labute approximate surface area is 181 Å². The summed E-state index contributed by atoms with van der Waals surface area (Å²) in [6, 6.07) is 8.93. The number of hydrogen-bond acceptors (Lipinski definition) is 4. The van der Waals surface area contributed by atoms with E-state index in [1.165, 1.54) is 41.3 Å². The van der Waals surface area contributed by atoms with Crippen molar-refractivity contribution in [2.45, 2.75) is 44.9 Å². The quantitative estimate of drug-likeness (QED) is 0.720. The van der Waals surface area contributed by atoms with Crippen molar-refractivity contribution < 1.29 is 9.18 Å². The van der Waals surface area contributed by atoms with Crippen molar-refractivity contribution in [1.82, 2.24) is 15.1 Å². The standard InChI is InChI=1S/C24H29FN4O2/c25-20-9-4-10-21(16-20)29-23(30)12-11-22(27-29)28-15-5-8-19(17-28)24(31)26-14-13-18-6-2-1-3-7-18/h4,6,9-12,16,19H,1-3,5,7-8,13-15,17H2,(H,26,31)/t19-/m0/s1. The van der Waals surface area contributed by atoms with Gasteiger partial charge in [0.1, 0.15) is 11.6 Å². The fourth-order valence-corrected chi connectivity index (χ4v) is 4.38. The van der Waals surface area contributed by atoms with Gasteiger partial charge in [0.05, 0.1) is 11.6 Å². The van der Waals surface area contributed by atoms with Crippen molar-refractivity contribution >= 4 is 11.7 Å². The Kier molecular flexibility index (Phi) is 6.79. The predicted octanol–water partition coefficient (Wildman–Crippen LogP) is 3.59. The first-order chi connectivity index (χ1) is 15.1. The molecule has 1 aromatic carbocycles. The molecule has 0 unspecified atom stereocenters. The third-order valence-electron chi connectivity index (χ3n) is 6.09. The maximum absolute atomic E-state index is 13.6. The largest absolute Gasteiger partial charge is 0.355 e. The van der Waals surface area contributed by atoms with Gasteiger partial charge in [-0.2, -0.15) is 4.68 Å². The molecule has 1 aliphatic carbocycles. The van der Waals surface area contributed by atoms with E-state index in [0.29, 0.717) is 24.6 Å². The highest BCUT2D eigenvalue weighted by molar-refractivity contribution is 5.79. The maximum atomic E-state index is 13.6. The van der Waals surface area contributed by atoms with Gasteiger partial charge in [0.2, 0.25) is 5.91 Å². The molecule has 1 fully saturated rings. The highest BCUT2D eigenvalue weighted by Crippen LogP contribution is 2.22. The monoisotopic (exact) mass is 424 g/mol. The Morgan fingerprint density at radius 1 is 1.19 bits per heavy atom. The highest BCUT2D eigenvalue weighted by atomic mass is 19.1. The van der Waals surface area contributed by atoms with Gasteiger partial charge < -0.3 is 10.2 Å². The zero-order chi connectivity index (χ0) is 21.6. The van der Waals surface area contributed by atoms with E-state index in [0.717, 1.165) is 38.6 Å². The van der Waals surface area contributed by atoms with Crippen molar-refractivity contribution in [3.05, 3.63) is 64.2 Å². The molecule has 2 heterocycles. The van der Waals surface area contributed by atoms with Crippen molar-refractivity contribution in [2.75, 3.05) is 24.5 Å². The first kappa shape index (κ1) is 21.3. The minimum absolute atomic E-state index is 0.0829. The van der Waals surface area contributed by atoms with Crippen LogP contribution in [0.25, 0.3) is 5.69 Å². The Bertz CT molecular complexity index is 1020. The Balaban J connectivity index is 1.40. The molecule has 0 spiro atoms. The van der Waals surface area contributed by atoms with Gasteiger partial charge in [-0.3, -0.25) is 9.59 Å². The molecule has 0 saturated carbocycles. The number of rotatable bonds is 6. The van der Waals surface area contributed by atoms with E-state index in [2.05, 4.69) is 16.5 Å². The lowest BCUT2D eigenvalue weighted by Crippen LogP contribution is -2.44. The van der Waals surface area contributed by atoms with Crippen LogP contribution in [0.1, 0.15) is 44.9 Å². The normalized spacial score (nSPS) is 19.1. The fraction of sp³-hybridized carbons (Fsp3) is 0.458. The third kappa shape index (κ3) is 5.40. The van der Waals surface area contributed by atoms with E-state index in [4.69, 9.17) is 0 Å². The number of allylic oxidation sites excluding steroid dienone is 1. The van der Waals surface area contributed by atoms with Crippen molar-refractivity contribution in [1.29, 1.82) is 0 Å². The highest BCUT2D eigenvalue weighted by Gasteiger charge is 2.26. The number of carbonyl (C=O) groups is 1. The number of piperidine rings is 1. The molecule has 1 aromatic heterocycles. The molecule has 164 valence electrons. The first-order valence-corrected chi connectivity index (χ1v) is 11.2. The number of benzene rings is 1. The number of nitrogens with one attached hydrogen (secondary N) is 1. The van der Waals surface area contributed by atoms with E-state index in [1.54, 1.807) is 18.2 Å². The lowest BCUT2D eigenvalue weighted by molar-refractivity contribution is -0.125. The van der Waals surface area contributed by atoms with E-state index < -0.39 is 5.82 Å². The lowest BCUT2D eigenvalue weighted by Gasteiger charge is -2.33. The van der Waals surface area contributed by atoms with Crippen LogP contribution in [0.2, 0.25) is 0 Å². The minimum Gasteiger partial charge on any atom is -0.355 e. The molecule has 0 bridgehead atoms. The summed E-state index contributed by atoms with van der Waals surface area (Å²) in [5, 5.41) is 7.55. The van der Waals surface area contributed by atoms with Crippen molar-refractivity contribution in [3.8, 4) is 5.69 Å². The number of amides is 1. The van der Waals surface area contributed by atoms with Crippen LogP contribution in [0, 0.1) is 11.7 Å². The van der Waals surface area contributed by atoms with Crippen LogP contribution in [-0.4, -0.2) is 35.3 Å². The molecule has 1 aliphatic heterocycles. The molecule has 1 N–H and O–H groups in total. The summed E-state index contributed by atoms with van der Waals surface area (Å²) in [6.45, 7) is 2.01. The van der Waals surface area contributed by atoms with E-state index in [-0.39, 0.29) is 17.4 Å². The van der Waals surface area contributed by atoms with Gasteiger partial charge in [0.15, 0.2) is 0 Å². The van der Waals surface area contributed by atoms with Gasteiger partial charge in [-0.25, -0.2) is 4.39 Å². The second-order valence-corrected chi connectivity index (χ2v) is 8.36. The van der Waals surface area contributed by atoms with Gasteiger partial charge in [0.25, 0.3) is 5.56 Å². The van der Waals surface area contributed by atoms with Crippen LogP contribution in [-0.2, 0) is 4.79 Å². The molecule has 2 aromatic rings. The summed E-state index contributed by atoms with van der Waals surface area (Å²) in [5.74, 6) is 0.175. The van der Waals surface area contributed by atoms with Crippen LogP contribution in [0.15, 0.2) is 52.8 Å². The molecule has 1 atom stereocenters. The van der Waals surface area contributed by atoms with E-state index in [1.807, 2.05) is 4.90 Å². The van der Waals surface area contributed by atoms with E-state index >= 15 is 0 Å². The number of hydrogen-bond donors (Lipinski definition) is 1. The van der Waals surface area contributed by atoms with E-state index in [9.17, 15) is 14.0 Å². The molecule has 4 rings (SSSR count). The summed E-state index contributed by atoms with van der Waals surface area (Å²) < 4.78 is 14.8. The van der Waals surface area contributed by atoms with Gasteiger partial charge >= 0.3 is 0 Å². The van der Waals surface area contributed by atoms with Crippen LogP contribution >= 0.6 is 0 Å². The Hall–Kier alpha value is -2.96. The second kappa shape index (κ2) is 9.90. The van der Waals surface area contributed by atoms with Crippen LogP contribution in [0.5, 0.6) is 0 Å². The zero-order valence-electron chi connectivity index (χ0n) is 17.7. The topological polar surface area (TPSA) is 67.2 Å². The number of halogens is 1. The molecule has 1 saturated heterocycles. The second-order valence-electron chi connectivity index (χ2n) is 8.36. The average molecular weight is 425 g/mol. The van der Waals surface area contributed by atoms with Crippen molar-refractivity contribution in [2.24, 2.45) is 5.92 Å². The summed E-state index contributed by atoms with van der Waals surface area (Å²) >= 11 is 0. The molecule has 31 heavy (non-hydrogen) atoms. The smallest absolute Gasteiger partial charge is 0.271 e. The number of aromatic nitrogens is 2. The summed E-state index contributed by atoms with van der Waals surface area (Å²) in [7, 11) is 0. The number of carbonyl (C=O) groups excluding carboxylic acids is 1. The molecule has 7 heteroatoms. The summed E-state index contributed by atoms with van der Waals surface area (Å²) in [5.41, 5.74) is 1.52. The van der Waals surface area contributed by atoms with Crippen LogP contribution < -0.4 is 15.8 Å². The minimum atomic E-state index is -0.421. The SMILES string of the molecule is O=C(NCCC1=CCCCC1)[C@H]1CCCN(c2ccc(=O)n(-c3cccc(F)c3)n2)C1. The Morgan fingerprint density at radius 3 is 2.90 bits per heavy atom. The molecular weight excluding hydrogens is 395 g/mol. The van der Waals surface area contributed by atoms with Gasteiger partial charge in [-0.05, 0) is 69.2 Å². The predicted molar refractivity (Wildman–Crippen MR) is 119 cm³/mol. The molecular formula is C24H29FN4O2. The Morgan fingerprint density at radius 2 is 2.10 bits per heavy atom. The van der Waals surface area contributed by atoms with Gasteiger partial charge in [0, 0.05) is 25.7 Å². The lowest BCUT2D eigenvalue weighted by atomic mass is 9.96. The molecule has 1 amide bonds. The molecule has 0 radical (unpaired) electrons. The third-order valence-corrected chi connectivity index (χ3v) is 6.09. The van der Waals surface area contributed by atoms with Crippen LogP contribution in [0.4, 0.5) is 10.2 Å². The average Bonchev–Trinajstić information content (AvgIpc) is 2.80. The summed E-state index contributed by atoms with van der Waals surface area (Å²) in [6.07, 6.45) is 9.81. The first-order valence-electron chi connectivity index (χ1n) is 11.2. The molecule has 6 nitrogen and oxygen atoms in total. The van der Waals surface area contributed by atoms with Crippen molar-refractivity contribution in [3.63, 3.8) is 0 Å².